The summed E-state index contributed by atoms with van der Waals surface area (Å²) in [4.78, 5) is 9.44. The maximum atomic E-state index is 5.96. The number of hydrogen-bond acceptors (Lipinski definition) is 6. The van der Waals surface area contributed by atoms with Crippen molar-refractivity contribution in [3.8, 4) is 0 Å². The lowest BCUT2D eigenvalue weighted by atomic mass is 9.78. The number of ether oxygens (including phenoxy) is 1. The van der Waals surface area contributed by atoms with Crippen molar-refractivity contribution in [2.75, 3.05) is 44.3 Å². The minimum absolute atomic E-state index is 0.273. The van der Waals surface area contributed by atoms with E-state index < -0.39 is 0 Å². The molecule has 0 N–H and O–H groups in total. The van der Waals surface area contributed by atoms with Gasteiger partial charge in [0, 0.05) is 42.2 Å². The maximum Gasteiger partial charge on any atom is 0.185 e. The molecule has 2 aromatic rings. The van der Waals surface area contributed by atoms with Crippen LogP contribution in [0.4, 0.5) is 5.13 Å². The Morgan fingerprint density at radius 1 is 1.26 bits per heavy atom. The zero-order chi connectivity index (χ0) is 15.5. The standard InChI is InChI=1S/C17H23N3O2S/c1-8-21-12-15(1)11-19-5-2-17(3-6-19)13-20(7-9-22-14-17)16-18-4-10-23-16/h1,4,8,10,12H,2-3,5-7,9,11,13-14H2. The summed E-state index contributed by atoms with van der Waals surface area (Å²) in [6.45, 7) is 6.95. The molecule has 0 amide bonds. The summed E-state index contributed by atoms with van der Waals surface area (Å²) in [6.07, 6.45) is 7.88. The molecule has 5 nitrogen and oxygen atoms in total. The van der Waals surface area contributed by atoms with E-state index in [9.17, 15) is 0 Å². The summed E-state index contributed by atoms with van der Waals surface area (Å²) in [6, 6.07) is 2.06. The van der Waals surface area contributed by atoms with Crippen LogP contribution in [-0.2, 0) is 11.3 Å². The van der Waals surface area contributed by atoms with Gasteiger partial charge in [0.25, 0.3) is 0 Å². The number of thiazole rings is 1. The fourth-order valence-corrected chi connectivity index (χ4v) is 4.33. The fraction of sp³-hybridized carbons (Fsp3) is 0.588. The van der Waals surface area contributed by atoms with Crippen LogP contribution in [0.15, 0.2) is 34.6 Å². The summed E-state index contributed by atoms with van der Waals surface area (Å²) in [5.74, 6) is 0. The van der Waals surface area contributed by atoms with Crippen molar-refractivity contribution in [2.45, 2.75) is 19.4 Å². The molecule has 2 saturated heterocycles. The first-order chi connectivity index (χ1) is 11.3. The Labute approximate surface area is 140 Å². The van der Waals surface area contributed by atoms with Crippen LogP contribution in [0, 0.1) is 5.41 Å². The van der Waals surface area contributed by atoms with Crippen molar-refractivity contribution >= 4 is 16.5 Å². The van der Waals surface area contributed by atoms with Gasteiger partial charge in [-0.1, -0.05) is 0 Å². The van der Waals surface area contributed by atoms with Crippen LogP contribution in [0.1, 0.15) is 18.4 Å². The van der Waals surface area contributed by atoms with E-state index in [2.05, 4.69) is 26.2 Å². The van der Waals surface area contributed by atoms with Gasteiger partial charge in [-0.25, -0.2) is 4.98 Å². The topological polar surface area (TPSA) is 41.7 Å². The van der Waals surface area contributed by atoms with Gasteiger partial charge in [0.05, 0.1) is 25.7 Å². The van der Waals surface area contributed by atoms with Gasteiger partial charge in [-0.15, -0.1) is 11.3 Å². The van der Waals surface area contributed by atoms with Crippen LogP contribution in [0.2, 0.25) is 0 Å². The molecule has 0 bridgehead atoms. The molecule has 0 aromatic carbocycles. The predicted molar refractivity (Wildman–Crippen MR) is 90.8 cm³/mol. The highest BCUT2D eigenvalue weighted by Gasteiger charge is 2.38. The van der Waals surface area contributed by atoms with E-state index >= 15 is 0 Å². The van der Waals surface area contributed by atoms with Gasteiger partial charge >= 0.3 is 0 Å². The van der Waals surface area contributed by atoms with E-state index in [0.717, 1.165) is 51.1 Å². The number of furan rings is 1. The van der Waals surface area contributed by atoms with Crippen molar-refractivity contribution in [2.24, 2.45) is 5.41 Å². The summed E-state index contributed by atoms with van der Waals surface area (Å²) in [7, 11) is 0. The van der Waals surface area contributed by atoms with Crippen molar-refractivity contribution < 1.29 is 9.15 Å². The molecule has 2 aromatic heterocycles. The molecule has 2 fully saturated rings. The zero-order valence-electron chi connectivity index (χ0n) is 13.3. The molecule has 2 aliphatic heterocycles. The second-order valence-electron chi connectivity index (χ2n) is 6.70. The van der Waals surface area contributed by atoms with Gasteiger partial charge in [-0.05, 0) is 32.0 Å². The lowest BCUT2D eigenvalue weighted by Gasteiger charge is -2.42. The molecule has 0 saturated carbocycles. The van der Waals surface area contributed by atoms with Crippen molar-refractivity contribution in [1.29, 1.82) is 0 Å². The number of piperidine rings is 1. The number of rotatable bonds is 3. The molecule has 124 valence electrons. The molecule has 4 rings (SSSR count). The Bertz CT molecular complexity index is 591. The monoisotopic (exact) mass is 333 g/mol. The summed E-state index contributed by atoms with van der Waals surface area (Å²) < 4.78 is 11.1. The van der Waals surface area contributed by atoms with E-state index in [1.165, 1.54) is 18.4 Å². The van der Waals surface area contributed by atoms with Crippen LogP contribution < -0.4 is 4.90 Å². The molecular formula is C17H23N3O2S. The average Bonchev–Trinajstić information content (AvgIpc) is 3.23. The Morgan fingerprint density at radius 2 is 2.17 bits per heavy atom. The molecule has 0 atom stereocenters. The minimum Gasteiger partial charge on any atom is -0.472 e. The number of nitrogens with zero attached hydrogens (tertiary/aromatic N) is 3. The van der Waals surface area contributed by atoms with Gasteiger partial charge in [-0.3, -0.25) is 4.90 Å². The molecule has 1 spiro atoms. The lowest BCUT2D eigenvalue weighted by Crippen LogP contribution is -2.47. The molecule has 6 heteroatoms. The lowest BCUT2D eigenvalue weighted by molar-refractivity contribution is 0.0201. The SMILES string of the molecule is c1csc(N2CCOCC3(CCN(Cc4ccoc4)CC3)C2)n1. The first-order valence-corrected chi connectivity index (χ1v) is 9.17. The van der Waals surface area contributed by atoms with E-state index in [1.807, 2.05) is 12.5 Å². The Hall–Kier alpha value is -1.37. The van der Waals surface area contributed by atoms with E-state index in [0.29, 0.717) is 0 Å². The van der Waals surface area contributed by atoms with Gasteiger partial charge in [-0.2, -0.15) is 0 Å². The molecule has 0 unspecified atom stereocenters. The van der Waals surface area contributed by atoms with E-state index in [4.69, 9.17) is 9.15 Å². The molecule has 0 radical (unpaired) electrons. The second-order valence-corrected chi connectivity index (χ2v) is 7.57. The van der Waals surface area contributed by atoms with E-state index in [-0.39, 0.29) is 5.41 Å². The quantitative estimate of drug-likeness (QED) is 0.864. The smallest absolute Gasteiger partial charge is 0.185 e. The summed E-state index contributed by atoms with van der Waals surface area (Å²) >= 11 is 1.73. The molecule has 2 aliphatic rings. The zero-order valence-corrected chi connectivity index (χ0v) is 14.1. The Balaban J connectivity index is 1.40. The van der Waals surface area contributed by atoms with Crippen molar-refractivity contribution in [1.82, 2.24) is 9.88 Å². The predicted octanol–water partition coefficient (Wildman–Crippen LogP) is 2.86. The fourth-order valence-electron chi connectivity index (χ4n) is 3.66. The first kappa shape index (κ1) is 15.2. The molecular weight excluding hydrogens is 310 g/mol. The minimum atomic E-state index is 0.273. The average molecular weight is 333 g/mol. The third kappa shape index (κ3) is 3.44. The maximum absolute atomic E-state index is 5.96. The van der Waals surface area contributed by atoms with Crippen LogP contribution in [0.25, 0.3) is 0 Å². The Kier molecular flexibility index (Phi) is 4.37. The summed E-state index contributed by atoms with van der Waals surface area (Å²) in [5, 5.41) is 3.19. The van der Waals surface area contributed by atoms with Crippen LogP contribution in [-0.4, -0.2) is 49.3 Å². The third-order valence-corrected chi connectivity index (χ3v) is 5.87. The number of hydrogen-bond donors (Lipinski definition) is 0. The third-order valence-electron chi connectivity index (χ3n) is 5.03. The number of aromatic nitrogens is 1. The second kappa shape index (κ2) is 6.63. The largest absolute Gasteiger partial charge is 0.472 e. The van der Waals surface area contributed by atoms with E-state index in [1.54, 1.807) is 17.6 Å². The van der Waals surface area contributed by atoms with Gasteiger partial charge in [0.2, 0.25) is 0 Å². The summed E-state index contributed by atoms with van der Waals surface area (Å²) in [5.41, 5.74) is 1.54. The molecule has 0 aliphatic carbocycles. The van der Waals surface area contributed by atoms with Gasteiger partial charge in [0.15, 0.2) is 5.13 Å². The highest BCUT2D eigenvalue weighted by molar-refractivity contribution is 7.13. The molecule has 4 heterocycles. The molecule has 23 heavy (non-hydrogen) atoms. The Morgan fingerprint density at radius 3 is 2.91 bits per heavy atom. The van der Waals surface area contributed by atoms with Crippen LogP contribution in [0.5, 0.6) is 0 Å². The van der Waals surface area contributed by atoms with Crippen molar-refractivity contribution in [3.63, 3.8) is 0 Å². The van der Waals surface area contributed by atoms with Crippen LogP contribution >= 0.6 is 11.3 Å². The van der Waals surface area contributed by atoms with Gasteiger partial charge < -0.3 is 14.1 Å². The van der Waals surface area contributed by atoms with Crippen LogP contribution in [0.3, 0.4) is 0 Å². The normalized spacial score (nSPS) is 22.3. The first-order valence-electron chi connectivity index (χ1n) is 8.29. The van der Waals surface area contributed by atoms with Gasteiger partial charge in [0.1, 0.15) is 0 Å². The number of anilines is 1. The highest BCUT2D eigenvalue weighted by atomic mass is 32.1. The highest BCUT2D eigenvalue weighted by Crippen LogP contribution is 2.36. The van der Waals surface area contributed by atoms with Crippen molar-refractivity contribution in [3.05, 3.63) is 35.7 Å². The number of likely N-dealkylation sites (tertiary alicyclic amines) is 1.